The Hall–Kier alpha value is -2.94. The summed E-state index contributed by atoms with van der Waals surface area (Å²) < 4.78 is 0. The SMILES string of the molecule is N#Cc1ccc([N+](=O)[O-])c(NCCc2ccccn2)c1. The monoisotopic (exact) mass is 268 g/mol. The van der Waals surface area contributed by atoms with Gasteiger partial charge in [-0.05, 0) is 24.3 Å². The molecule has 0 saturated heterocycles. The van der Waals surface area contributed by atoms with Crippen LogP contribution >= 0.6 is 0 Å². The Kier molecular flexibility index (Phi) is 4.24. The summed E-state index contributed by atoms with van der Waals surface area (Å²) in [5, 5.41) is 22.7. The zero-order valence-electron chi connectivity index (χ0n) is 10.6. The molecule has 1 heterocycles. The predicted molar refractivity (Wildman–Crippen MR) is 74.2 cm³/mol. The van der Waals surface area contributed by atoms with Crippen LogP contribution in [-0.2, 0) is 6.42 Å². The maximum Gasteiger partial charge on any atom is 0.292 e. The molecule has 0 aliphatic rings. The van der Waals surface area contributed by atoms with Gasteiger partial charge in [0.25, 0.3) is 5.69 Å². The molecule has 0 fully saturated rings. The Morgan fingerprint density at radius 2 is 2.20 bits per heavy atom. The summed E-state index contributed by atoms with van der Waals surface area (Å²) in [6.07, 6.45) is 2.35. The number of nitrogens with zero attached hydrogens (tertiary/aromatic N) is 3. The van der Waals surface area contributed by atoms with Crippen molar-refractivity contribution >= 4 is 11.4 Å². The number of pyridine rings is 1. The molecule has 20 heavy (non-hydrogen) atoms. The fourth-order valence-electron chi connectivity index (χ4n) is 1.78. The third-order valence-electron chi connectivity index (χ3n) is 2.75. The molecule has 0 aliphatic heterocycles. The Bertz CT molecular complexity index is 650. The third-order valence-corrected chi connectivity index (χ3v) is 2.75. The number of benzene rings is 1. The quantitative estimate of drug-likeness (QED) is 0.664. The van der Waals surface area contributed by atoms with Crippen LogP contribution in [0, 0.1) is 21.4 Å². The van der Waals surface area contributed by atoms with Gasteiger partial charge >= 0.3 is 0 Å². The second kappa shape index (κ2) is 6.29. The van der Waals surface area contributed by atoms with Crippen molar-refractivity contribution in [2.75, 3.05) is 11.9 Å². The first-order chi connectivity index (χ1) is 9.70. The van der Waals surface area contributed by atoms with Crippen LogP contribution in [0.1, 0.15) is 11.3 Å². The highest BCUT2D eigenvalue weighted by molar-refractivity contribution is 5.64. The highest BCUT2D eigenvalue weighted by Gasteiger charge is 2.13. The van der Waals surface area contributed by atoms with Gasteiger partial charge in [-0.3, -0.25) is 15.1 Å². The van der Waals surface area contributed by atoms with E-state index in [1.165, 1.54) is 18.2 Å². The molecule has 6 nitrogen and oxygen atoms in total. The number of rotatable bonds is 5. The van der Waals surface area contributed by atoms with Crippen molar-refractivity contribution in [1.29, 1.82) is 5.26 Å². The molecule has 100 valence electrons. The van der Waals surface area contributed by atoms with Gasteiger partial charge in [-0.25, -0.2) is 0 Å². The van der Waals surface area contributed by atoms with Gasteiger partial charge in [-0.15, -0.1) is 0 Å². The Morgan fingerprint density at radius 1 is 1.35 bits per heavy atom. The van der Waals surface area contributed by atoms with Crippen LogP contribution in [0.2, 0.25) is 0 Å². The van der Waals surface area contributed by atoms with Crippen molar-refractivity contribution in [2.24, 2.45) is 0 Å². The van der Waals surface area contributed by atoms with Crippen LogP contribution in [0.15, 0.2) is 42.6 Å². The average Bonchev–Trinajstić information content (AvgIpc) is 2.48. The number of aromatic nitrogens is 1. The number of anilines is 1. The summed E-state index contributed by atoms with van der Waals surface area (Å²) >= 11 is 0. The molecule has 0 radical (unpaired) electrons. The number of nitrogens with one attached hydrogen (secondary N) is 1. The van der Waals surface area contributed by atoms with Crippen LogP contribution in [0.25, 0.3) is 0 Å². The minimum atomic E-state index is -0.468. The second-order valence-corrected chi connectivity index (χ2v) is 4.10. The molecule has 2 aromatic rings. The van der Waals surface area contributed by atoms with E-state index >= 15 is 0 Å². The molecular weight excluding hydrogens is 256 g/mol. The van der Waals surface area contributed by atoms with Gasteiger partial charge in [0.2, 0.25) is 0 Å². The summed E-state index contributed by atoms with van der Waals surface area (Å²) in [5.74, 6) is 0. The highest BCUT2D eigenvalue weighted by atomic mass is 16.6. The van der Waals surface area contributed by atoms with E-state index in [-0.39, 0.29) is 5.69 Å². The van der Waals surface area contributed by atoms with Crippen molar-refractivity contribution in [1.82, 2.24) is 4.98 Å². The maximum absolute atomic E-state index is 10.9. The van der Waals surface area contributed by atoms with Crippen LogP contribution in [-0.4, -0.2) is 16.5 Å². The van der Waals surface area contributed by atoms with E-state index in [0.717, 1.165) is 5.69 Å². The predicted octanol–water partition coefficient (Wildman–Crippen LogP) is 2.52. The first-order valence-corrected chi connectivity index (χ1v) is 6.03. The van der Waals surface area contributed by atoms with E-state index < -0.39 is 4.92 Å². The normalized spacial score (nSPS) is 9.75. The zero-order chi connectivity index (χ0) is 14.4. The van der Waals surface area contributed by atoms with Gasteiger partial charge in [0.05, 0.1) is 16.6 Å². The fourth-order valence-corrected chi connectivity index (χ4v) is 1.78. The minimum absolute atomic E-state index is 0.0370. The van der Waals surface area contributed by atoms with Gasteiger partial charge < -0.3 is 5.32 Å². The maximum atomic E-state index is 10.9. The molecule has 1 N–H and O–H groups in total. The lowest BCUT2D eigenvalue weighted by molar-refractivity contribution is -0.384. The molecule has 0 amide bonds. The summed E-state index contributed by atoms with van der Waals surface area (Å²) in [5.41, 5.74) is 1.60. The second-order valence-electron chi connectivity index (χ2n) is 4.10. The van der Waals surface area contributed by atoms with Gasteiger partial charge in [0.1, 0.15) is 5.69 Å². The number of nitriles is 1. The minimum Gasteiger partial charge on any atom is -0.379 e. The van der Waals surface area contributed by atoms with Crippen molar-refractivity contribution in [3.8, 4) is 6.07 Å². The van der Waals surface area contributed by atoms with Gasteiger partial charge in [-0.1, -0.05) is 6.07 Å². The van der Waals surface area contributed by atoms with E-state index in [2.05, 4.69) is 10.3 Å². The average molecular weight is 268 g/mol. The largest absolute Gasteiger partial charge is 0.379 e. The molecular formula is C14H12N4O2. The van der Waals surface area contributed by atoms with E-state index in [0.29, 0.717) is 24.2 Å². The van der Waals surface area contributed by atoms with Crippen molar-refractivity contribution in [3.63, 3.8) is 0 Å². The summed E-state index contributed by atoms with van der Waals surface area (Å²) in [7, 11) is 0. The Morgan fingerprint density at radius 3 is 2.85 bits per heavy atom. The molecule has 0 bridgehead atoms. The zero-order valence-corrected chi connectivity index (χ0v) is 10.6. The lowest BCUT2D eigenvalue weighted by atomic mass is 10.2. The number of nitro benzene ring substituents is 1. The molecule has 1 aromatic heterocycles. The number of nitro groups is 1. The van der Waals surface area contributed by atoms with Crippen molar-refractivity contribution in [3.05, 3.63) is 64.0 Å². The Balaban J connectivity index is 2.08. The first-order valence-electron chi connectivity index (χ1n) is 6.03. The van der Waals surface area contributed by atoms with Gasteiger partial charge in [0.15, 0.2) is 0 Å². The molecule has 0 aliphatic carbocycles. The number of hydrogen-bond donors (Lipinski definition) is 1. The molecule has 0 atom stereocenters. The van der Waals surface area contributed by atoms with Gasteiger partial charge in [-0.2, -0.15) is 5.26 Å². The van der Waals surface area contributed by atoms with E-state index in [1.54, 1.807) is 6.20 Å². The molecule has 0 unspecified atom stereocenters. The van der Waals surface area contributed by atoms with Gasteiger partial charge in [0, 0.05) is 30.9 Å². The molecule has 6 heteroatoms. The fraction of sp³-hybridized carbons (Fsp3) is 0.143. The summed E-state index contributed by atoms with van der Waals surface area (Å²) in [6, 6.07) is 11.8. The number of hydrogen-bond acceptors (Lipinski definition) is 5. The molecule has 0 spiro atoms. The summed E-state index contributed by atoms with van der Waals surface area (Å²) in [6.45, 7) is 0.507. The lowest BCUT2D eigenvalue weighted by Crippen LogP contribution is -2.08. The topological polar surface area (TPSA) is 91.8 Å². The smallest absolute Gasteiger partial charge is 0.292 e. The van der Waals surface area contributed by atoms with Crippen LogP contribution in [0.3, 0.4) is 0 Å². The van der Waals surface area contributed by atoms with Crippen LogP contribution < -0.4 is 5.32 Å². The molecule has 1 aromatic carbocycles. The van der Waals surface area contributed by atoms with Crippen LogP contribution in [0.5, 0.6) is 0 Å². The third kappa shape index (κ3) is 3.29. The Labute approximate surface area is 115 Å². The highest BCUT2D eigenvalue weighted by Crippen LogP contribution is 2.25. The first kappa shape index (κ1) is 13.5. The molecule has 2 rings (SSSR count). The van der Waals surface area contributed by atoms with Crippen molar-refractivity contribution < 1.29 is 4.92 Å². The van der Waals surface area contributed by atoms with E-state index in [1.807, 2.05) is 24.3 Å². The van der Waals surface area contributed by atoms with E-state index in [9.17, 15) is 10.1 Å². The van der Waals surface area contributed by atoms with Crippen LogP contribution in [0.4, 0.5) is 11.4 Å². The summed E-state index contributed by atoms with van der Waals surface area (Å²) in [4.78, 5) is 14.6. The molecule has 0 saturated carbocycles. The lowest BCUT2D eigenvalue weighted by Gasteiger charge is -2.07. The van der Waals surface area contributed by atoms with E-state index in [4.69, 9.17) is 5.26 Å². The van der Waals surface area contributed by atoms with Crippen molar-refractivity contribution in [2.45, 2.75) is 6.42 Å². The standard InChI is InChI=1S/C14H12N4O2/c15-10-11-4-5-14(18(19)20)13(9-11)17-8-6-12-3-1-2-7-16-12/h1-5,7,9,17H,6,8H2.